The van der Waals surface area contributed by atoms with Crippen LogP contribution >= 0.6 is 7.82 Å². The minimum absolute atomic E-state index is 0.00168. The van der Waals surface area contributed by atoms with E-state index in [9.17, 15) is 63.1 Å². The van der Waals surface area contributed by atoms with Crippen molar-refractivity contribution in [3.05, 3.63) is 138 Å². The number of piperidine rings is 1. The van der Waals surface area contributed by atoms with E-state index in [0.717, 1.165) is 75.8 Å². The summed E-state index contributed by atoms with van der Waals surface area (Å²) in [4.78, 5) is 143. The van der Waals surface area contributed by atoms with Crippen LogP contribution in [0.4, 0.5) is 27.7 Å². The molecule has 2 unspecified atom stereocenters. The van der Waals surface area contributed by atoms with Crippen molar-refractivity contribution in [1.29, 1.82) is 5.26 Å². The number of nitrogens with zero attached hydrogens (tertiary/aromatic N) is 11. The molecule has 6 fully saturated rings. The molecule has 2 saturated carbocycles. The predicted molar refractivity (Wildman–Crippen MR) is 440 cm³/mol. The number of anilines is 4. The Labute approximate surface area is 696 Å². The molecule has 34 nitrogen and oxygen atoms in total. The fourth-order valence-corrected chi connectivity index (χ4v) is 17.2. The highest BCUT2D eigenvalue weighted by Gasteiger charge is 2.52. The van der Waals surface area contributed by atoms with Gasteiger partial charge in [-0.1, -0.05) is 56.7 Å². The van der Waals surface area contributed by atoms with Crippen LogP contribution in [-0.4, -0.2) is 230 Å². The van der Waals surface area contributed by atoms with Gasteiger partial charge in [-0.3, -0.25) is 58.5 Å². The van der Waals surface area contributed by atoms with Crippen LogP contribution in [0.3, 0.4) is 0 Å². The number of β-amino-alcohol motifs (C(OH)–C–C–N with tert-alkyl or cyclic N) is 1. The van der Waals surface area contributed by atoms with Gasteiger partial charge in [0, 0.05) is 131 Å². The second-order valence-electron chi connectivity index (χ2n) is 32.7. The zero-order valence-electron chi connectivity index (χ0n) is 68.2. The van der Waals surface area contributed by atoms with Gasteiger partial charge in [0.15, 0.2) is 11.6 Å². The summed E-state index contributed by atoms with van der Waals surface area (Å²) in [7, 11) is -1.10. The summed E-state index contributed by atoms with van der Waals surface area (Å²) in [5.41, 5.74) is 2.87. The van der Waals surface area contributed by atoms with Gasteiger partial charge >= 0.3 is 13.9 Å². The maximum Gasteiger partial charge on any atom is 0.524 e. The van der Waals surface area contributed by atoms with Crippen LogP contribution in [0.25, 0.3) is 11.3 Å². The number of pyridine rings is 1. The molecule has 3 aromatic heterocycles. The zero-order valence-corrected chi connectivity index (χ0v) is 69.1. The number of nitriles is 1. The fraction of sp³-hybridized carbons (Fsp3) is 0.518. The molecular weight excluding hydrogens is 1560 g/mol. The van der Waals surface area contributed by atoms with Gasteiger partial charge in [0.25, 0.3) is 17.7 Å². The van der Waals surface area contributed by atoms with Crippen molar-refractivity contribution >= 4 is 78.1 Å². The summed E-state index contributed by atoms with van der Waals surface area (Å²) in [6, 6.07) is 26.9. The van der Waals surface area contributed by atoms with Crippen molar-refractivity contribution in [1.82, 2.24) is 55.9 Å². The van der Waals surface area contributed by atoms with E-state index < -0.39 is 67.2 Å². The number of aliphatic hydroxyl groups excluding tert-OH is 1. The van der Waals surface area contributed by atoms with E-state index in [4.69, 9.17) is 28.0 Å². The van der Waals surface area contributed by atoms with Crippen molar-refractivity contribution in [2.24, 2.45) is 11.3 Å². The number of hydrogen-bond donors (Lipinski definition) is 8. The molecule has 3 aromatic carbocycles. The molecule has 35 heteroatoms. The molecule has 0 radical (unpaired) electrons. The number of imide groups is 1. The number of carbonyl (C=O) groups is 8. The van der Waals surface area contributed by atoms with Crippen LogP contribution in [0.2, 0.25) is 0 Å². The average Bonchev–Trinajstić information content (AvgIpc) is 1.54. The number of ether oxygens (including phenoxy) is 4. The van der Waals surface area contributed by atoms with Gasteiger partial charge in [-0.2, -0.15) is 5.26 Å². The normalized spacial score (nSPS) is 21.0. The highest BCUT2D eigenvalue weighted by Crippen LogP contribution is 2.46. The van der Waals surface area contributed by atoms with Crippen LogP contribution in [-0.2, 0) is 54.2 Å². The van der Waals surface area contributed by atoms with Gasteiger partial charge in [0.1, 0.15) is 48.5 Å². The summed E-state index contributed by atoms with van der Waals surface area (Å²) in [5.74, 6) is -2.79. The van der Waals surface area contributed by atoms with Crippen LogP contribution in [0.15, 0.2) is 120 Å². The predicted octanol–water partition coefficient (Wildman–Crippen LogP) is 8.06. The molecular formula is C85H107N16O18P. The van der Waals surface area contributed by atoms with E-state index >= 15 is 0 Å². The van der Waals surface area contributed by atoms with Crippen molar-refractivity contribution in [2.75, 3.05) is 100 Å². The molecule has 6 aromatic rings. The number of phosphoric acid groups is 1. The lowest BCUT2D eigenvalue weighted by Crippen LogP contribution is -2.58. The number of nitrogens with one attached hydrogen (secondary N) is 5. The molecule has 120 heavy (non-hydrogen) atoms. The average molecular weight is 1670 g/mol. The van der Waals surface area contributed by atoms with Gasteiger partial charge in [-0.25, -0.2) is 14.3 Å². The van der Waals surface area contributed by atoms with Crippen LogP contribution in [0.5, 0.6) is 17.5 Å². The minimum atomic E-state index is -5.01. The Morgan fingerprint density at radius 3 is 2.20 bits per heavy atom. The smallest absolute Gasteiger partial charge is 0.474 e. The third-order valence-electron chi connectivity index (χ3n) is 23.5. The number of aromatic nitrogens is 4. The second kappa shape index (κ2) is 39.5. The van der Waals surface area contributed by atoms with Gasteiger partial charge in [0.05, 0.1) is 47.4 Å². The first-order valence-electron chi connectivity index (χ1n) is 41.5. The molecule has 13 rings (SSSR count). The van der Waals surface area contributed by atoms with Crippen molar-refractivity contribution in [3.63, 3.8) is 0 Å². The zero-order chi connectivity index (χ0) is 84.8. The molecule has 2 bridgehead atoms. The number of phosphoric ester groups is 1. The molecule has 8 heterocycles. The minimum Gasteiger partial charge on any atom is -0.474 e. The molecule has 2 aliphatic carbocycles. The number of rotatable bonds is 38. The van der Waals surface area contributed by atoms with Crippen LogP contribution in [0.1, 0.15) is 158 Å². The lowest BCUT2D eigenvalue weighted by Gasteiger charge is -2.44. The third kappa shape index (κ3) is 22.0. The number of fused-ring (bicyclic) bond motifs is 2. The Bertz CT molecular complexity index is 4720. The SMILES string of the molecule is CC(C)[C@@H](C(=O)N1C[C@H](O)C[C@H]1C(=O)N[C@H](C)c1ccc(C#N)cc1)c1cc(OCCN2CCC(OC3CC(Oc4cc(N5C6CCC5CN(c5cc(-c7ccccc7OP(=O)(O)O)nnc5NC(=O)OCc5ccc(NC(=O)[C@H](CCCCN(C)C)NC(=O)C7(C(=O)NCCCCCN8C(=O)C=CC8=O)CCC7)cc5)C6)ccn4)C3)CC2)no1. The van der Waals surface area contributed by atoms with Gasteiger partial charge in [-0.15, -0.1) is 10.2 Å². The van der Waals surface area contributed by atoms with E-state index in [-0.39, 0.29) is 115 Å². The molecule has 7 aliphatic rings. The maximum absolute atomic E-state index is 14.3. The molecule has 7 atom stereocenters. The number of aliphatic hydroxyl groups is 1. The largest absolute Gasteiger partial charge is 0.524 e. The first kappa shape index (κ1) is 86.9. The maximum atomic E-state index is 14.3. The Kier molecular flexibility index (Phi) is 28.6. The number of amides is 8. The molecule has 0 spiro atoms. The Morgan fingerprint density at radius 2 is 1.51 bits per heavy atom. The topological polar surface area (TPSA) is 429 Å². The lowest BCUT2D eigenvalue weighted by molar-refractivity contribution is -0.151. The number of benzene rings is 3. The Morgan fingerprint density at radius 1 is 0.775 bits per heavy atom. The molecule has 640 valence electrons. The van der Waals surface area contributed by atoms with Crippen LogP contribution in [0, 0.1) is 22.7 Å². The summed E-state index contributed by atoms with van der Waals surface area (Å²) < 4.78 is 47.9. The number of piperazine rings is 1. The van der Waals surface area contributed by atoms with E-state index in [1.165, 1.54) is 28.0 Å². The number of hydrogen-bond acceptors (Lipinski definition) is 25. The number of carbonyl (C=O) groups excluding carboxylic acids is 8. The third-order valence-corrected chi connectivity index (χ3v) is 24.0. The highest BCUT2D eigenvalue weighted by atomic mass is 31.2. The van der Waals surface area contributed by atoms with Gasteiger partial charge in [-0.05, 0) is 175 Å². The quantitative estimate of drug-likeness (QED) is 0.00786. The first-order valence-corrected chi connectivity index (χ1v) is 43.0. The monoisotopic (exact) mass is 1670 g/mol. The number of likely N-dealkylation sites (tertiary alicyclic amines) is 2. The van der Waals surface area contributed by atoms with E-state index in [1.807, 2.05) is 51.9 Å². The number of para-hydroxylation sites is 1. The summed E-state index contributed by atoms with van der Waals surface area (Å²) >= 11 is 0. The van der Waals surface area contributed by atoms with Crippen LogP contribution < -0.4 is 50.4 Å². The second-order valence-corrected chi connectivity index (χ2v) is 33.9. The van der Waals surface area contributed by atoms with Crippen molar-refractivity contribution < 1.29 is 85.8 Å². The molecule has 4 saturated heterocycles. The summed E-state index contributed by atoms with van der Waals surface area (Å²) in [6.45, 7) is 10.3. The standard InChI is InChI=1S/C85H107N16O18P/c1-53(2)77(81(107)100-51-62(102)43-70(100)80(106)89-54(3)57-21-17-55(48-86)18-22-57)72-47-74(95-118-72)114-41-40-97-38-30-63(31-39-97)116-64-44-65(45-64)117-73-42-59(29-35-87-73)101-60-25-26-61(101)50-98(49-60)69-46-68(66-14-7-8-16-71(66)119-120(111,112)113)93-94-78(69)92-84(110)115-52-56-19-23-58(24-20-56)90-79(105)67(15-9-12-36-96(4)5)91-83(109)85(32-13-33-85)82(108)88-34-10-6-11-37-99-75(103)27-28-76(99)104/h7-8,14,16-24,27-29,35,42,46-47,53-54,60-65,67,70,77,102H,6,9-13,15,25-26,30-34,36-41,43-45,49-52H2,1-5H3,(H,88,108)(H,89,106)(H,90,105)(H,91,109)(H,92,94,110)(H2,111,112,113)/t54-,60?,61?,62-,64?,65?,67+,70+,77-/m1/s1. The Balaban J connectivity index is 0.565. The molecule has 8 amide bonds. The first-order chi connectivity index (χ1) is 57.7. The molecule has 8 N–H and O–H groups in total. The lowest BCUT2D eigenvalue weighted by atomic mass is 9.67. The summed E-state index contributed by atoms with van der Waals surface area (Å²) in [6.07, 6.45) is 12.3. The van der Waals surface area contributed by atoms with Gasteiger partial charge in [0.2, 0.25) is 35.4 Å². The number of unbranched alkanes of at least 4 members (excludes halogenated alkanes) is 3. The Hall–Kier alpha value is -10.9. The van der Waals surface area contributed by atoms with Crippen molar-refractivity contribution in [2.45, 2.75) is 191 Å². The fourth-order valence-electron chi connectivity index (χ4n) is 16.8. The van der Waals surface area contributed by atoms with E-state index in [1.54, 1.807) is 85.1 Å². The summed E-state index contributed by atoms with van der Waals surface area (Å²) in [5, 5.41) is 47.5. The van der Waals surface area contributed by atoms with E-state index in [0.29, 0.717) is 118 Å². The van der Waals surface area contributed by atoms with Crippen molar-refractivity contribution in [3.8, 4) is 34.8 Å². The van der Waals surface area contributed by atoms with Gasteiger partial charge < -0.3 is 74.0 Å². The van der Waals surface area contributed by atoms with E-state index in [2.05, 4.69) is 67.7 Å². The highest BCUT2D eigenvalue weighted by molar-refractivity contribution is 7.46. The molecule has 5 aliphatic heterocycles.